The number of ether oxygens (including phenoxy) is 1. The van der Waals surface area contributed by atoms with E-state index in [0.717, 1.165) is 6.26 Å². The van der Waals surface area contributed by atoms with Crippen LogP contribution in [0.5, 0.6) is 0 Å². The van der Waals surface area contributed by atoms with Crippen LogP contribution < -0.4 is 0 Å². The highest BCUT2D eigenvalue weighted by Crippen LogP contribution is 2.62. The molecule has 4 nitrogen and oxygen atoms in total. The standard InChI is InChI=1S/C13H14FNO3S/c1-18-8-13(7-15)11(12(13)19(2,16)17)9-3-5-10(14)6-4-9/h3-6,11-12H,8H2,1-2H3/t11-,12-,13-/m0/s1. The number of sulfone groups is 1. The number of hydrogen-bond acceptors (Lipinski definition) is 4. The van der Waals surface area contributed by atoms with E-state index in [0.29, 0.717) is 5.56 Å². The van der Waals surface area contributed by atoms with Gasteiger partial charge in [-0.25, -0.2) is 12.8 Å². The van der Waals surface area contributed by atoms with Crippen molar-refractivity contribution in [1.82, 2.24) is 0 Å². The molecule has 0 radical (unpaired) electrons. The van der Waals surface area contributed by atoms with Crippen molar-refractivity contribution < 1.29 is 17.5 Å². The van der Waals surface area contributed by atoms with Gasteiger partial charge in [-0.3, -0.25) is 0 Å². The highest BCUT2D eigenvalue weighted by Gasteiger charge is 2.71. The van der Waals surface area contributed by atoms with E-state index < -0.39 is 32.2 Å². The topological polar surface area (TPSA) is 67.2 Å². The van der Waals surface area contributed by atoms with Crippen molar-refractivity contribution in [1.29, 1.82) is 5.26 Å². The van der Waals surface area contributed by atoms with E-state index in [9.17, 15) is 18.1 Å². The van der Waals surface area contributed by atoms with Crippen LogP contribution in [0.15, 0.2) is 24.3 Å². The third-order valence-corrected chi connectivity index (χ3v) is 5.15. The van der Waals surface area contributed by atoms with Gasteiger partial charge in [-0.1, -0.05) is 12.1 Å². The van der Waals surface area contributed by atoms with E-state index in [1.165, 1.54) is 31.4 Å². The highest BCUT2D eigenvalue weighted by molar-refractivity contribution is 7.91. The first kappa shape index (κ1) is 14.0. The zero-order valence-corrected chi connectivity index (χ0v) is 11.4. The second-order valence-electron chi connectivity index (χ2n) is 4.86. The maximum atomic E-state index is 12.9. The molecule has 102 valence electrons. The van der Waals surface area contributed by atoms with Crippen LogP contribution in [0, 0.1) is 22.6 Å². The minimum absolute atomic E-state index is 0.0449. The van der Waals surface area contributed by atoms with Crippen LogP contribution in [0.4, 0.5) is 4.39 Å². The molecule has 1 aliphatic rings. The molecule has 0 aromatic heterocycles. The predicted molar refractivity (Wildman–Crippen MR) is 67.7 cm³/mol. The van der Waals surface area contributed by atoms with Gasteiger partial charge in [0.05, 0.1) is 17.9 Å². The zero-order valence-electron chi connectivity index (χ0n) is 10.6. The largest absolute Gasteiger partial charge is 0.383 e. The van der Waals surface area contributed by atoms with Crippen molar-refractivity contribution >= 4 is 9.84 Å². The molecule has 0 spiro atoms. The Labute approximate surface area is 111 Å². The van der Waals surface area contributed by atoms with Crippen molar-refractivity contribution in [2.45, 2.75) is 11.2 Å². The average Bonchev–Trinajstić information content (AvgIpc) is 3.00. The van der Waals surface area contributed by atoms with E-state index in [4.69, 9.17) is 4.74 Å². The maximum absolute atomic E-state index is 12.9. The van der Waals surface area contributed by atoms with Crippen molar-refractivity contribution in [2.75, 3.05) is 20.0 Å². The third kappa shape index (κ3) is 2.24. The highest BCUT2D eigenvalue weighted by atomic mass is 32.2. The summed E-state index contributed by atoms with van der Waals surface area (Å²) in [5, 5.41) is 8.54. The summed E-state index contributed by atoms with van der Waals surface area (Å²) < 4.78 is 41.5. The van der Waals surface area contributed by atoms with Crippen molar-refractivity contribution in [3.63, 3.8) is 0 Å². The number of methoxy groups -OCH3 is 1. The van der Waals surface area contributed by atoms with Gasteiger partial charge in [0.1, 0.15) is 11.2 Å². The van der Waals surface area contributed by atoms with Gasteiger partial charge < -0.3 is 4.74 Å². The van der Waals surface area contributed by atoms with Gasteiger partial charge in [0, 0.05) is 19.3 Å². The van der Waals surface area contributed by atoms with Gasteiger partial charge in [-0.05, 0) is 17.7 Å². The van der Waals surface area contributed by atoms with Gasteiger partial charge in [-0.2, -0.15) is 5.26 Å². The molecule has 2 rings (SSSR count). The molecule has 1 saturated carbocycles. The van der Waals surface area contributed by atoms with Crippen LogP contribution in [0.25, 0.3) is 0 Å². The van der Waals surface area contributed by atoms with Crippen molar-refractivity contribution in [3.05, 3.63) is 35.6 Å². The normalized spacial score (nSPS) is 29.8. The summed E-state index contributed by atoms with van der Waals surface area (Å²) in [7, 11) is -1.95. The van der Waals surface area contributed by atoms with Gasteiger partial charge in [0.15, 0.2) is 9.84 Å². The summed E-state index contributed by atoms with van der Waals surface area (Å²) in [5.41, 5.74) is -0.421. The number of halogens is 1. The fourth-order valence-corrected chi connectivity index (χ4v) is 4.60. The Morgan fingerprint density at radius 3 is 2.42 bits per heavy atom. The SMILES string of the molecule is COC[C@@]1(C#N)[C@@H](c2ccc(F)cc2)[C@@H]1S(C)(=O)=O. The third-order valence-electron chi connectivity index (χ3n) is 3.54. The summed E-state index contributed by atoms with van der Waals surface area (Å²) in [6.45, 7) is 0.0449. The molecule has 1 aliphatic carbocycles. The quantitative estimate of drug-likeness (QED) is 0.839. The van der Waals surface area contributed by atoms with E-state index >= 15 is 0 Å². The van der Waals surface area contributed by atoms with Gasteiger partial charge in [0.2, 0.25) is 0 Å². The Balaban J connectivity index is 2.44. The first-order valence-electron chi connectivity index (χ1n) is 5.71. The second kappa shape index (κ2) is 4.58. The summed E-state index contributed by atoms with van der Waals surface area (Å²) >= 11 is 0. The molecule has 0 N–H and O–H groups in total. The molecule has 0 heterocycles. The summed E-state index contributed by atoms with van der Waals surface area (Å²) in [6.07, 6.45) is 1.11. The van der Waals surface area contributed by atoms with E-state index in [1.54, 1.807) is 0 Å². The Morgan fingerprint density at radius 2 is 2.00 bits per heavy atom. The molecule has 0 saturated heterocycles. The zero-order chi connectivity index (χ0) is 14.3. The van der Waals surface area contributed by atoms with Gasteiger partial charge in [0.25, 0.3) is 0 Å². The van der Waals surface area contributed by atoms with Crippen molar-refractivity contribution in [3.8, 4) is 6.07 Å². The number of hydrogen-bond donors (Lipinski definition) is 0. The van der Waals surface area contributed by atoms with E-state index in [-0.39, 0.29) is 6.61 Å². The van der Waals surface area contributed by atoms with Crippen LogP contribution in [-0.4, -0.2) is 33.6 Å². The van der Waals surface area contributed by atoms with Gasteiger partial charge >= 0.3 is 0 Å². The fourth-order valence-electron chi connectivity index (χ4n) is 2.75. The molecular weight excluding hydrogens is 269 g/mol. The van der Waals surface area contributed by atoms with Crippen LogP contribution in [0.1, 0.15) is 11.5 Å². The number of rotatable bonds is 4. The molecule has 19 heavy (non-hydrogen) atoms. The Hall–Kier alpha value is -1.45. The number of benzene rings is 1. The molecule has 1 fully saturated rings. The minimum atomic E-state index is -3.38. The molecule has 0 bridgehead atoms. The lowest BCUT2D eigenvalue weighted by Gasteiger charge is -2.06. The van der Waals surface area contributed by atoms with Crippen LogP contribution >= 0.6 is 0 Å². The number of nitrogens with zero attached hydrogens (tertiary/aromatic N) is 1. The van der Waals surface area contributed by atoms with Crippen LogP contribution in [0.3, 0.4) is 0 Å². The van der Waals surface area contributed by atoms with E-state index in [2.05, 4.69) is 6.07 Å². The predicted octanol–water partition coefficient (Wildman–Crippen LogP) is 1.49. The summed E-state index contributed by atoms with van der Waals surface area (Å²) in [5.74, 6) is -0.859. The molecule has 3 atom stereocenters. The molecule has 0 unspecified atom stereocenters. The minimum Gasteiger partial charge on any atom is -0.383 e. The first-order valence-corrected chi connectivity index (χ1v) is 7.67. The lowest BCUT2D eigenvalue weighted by molar-refractivity contribution is 0.162. The lowest BCUT2D eigenvalue weighted by atomic mass is 10.0. The van der Waals surface area contributed by atoms with E-state index in [1.807, 2.05) is 0 Å². The maximum Gasteiger partial charge on any atom is 0.152 e. The Morgan fingerprint density at radius 1 is 1.42 bits per heavy atom. The van der Waals surface area contributed by atoms with Crippen LogP contribution in [-0.2, 0) is 14.6 Å². The van der Waals surface area contributed by atoms with Gasteiger partial charge in [-0.15, -0.1) is 0 Å². The Bertz CT molecular complexity index is 620. The first-order chi connectivity index (χ1) is 8.86. The lowest BCUT2D eigenvalue weighted by Crippen LogP contribution is -2.17. The smallest absolute Gasteiger partial charge is 0.152 e. The molecule has 1 aromatic carbocycles. The molecular formula is C13H14FNO3S. The van der Waals surface area contributed by atoms with Crippen molar-refractivity contribution in [2.24, 2.45) is 5.41 Å². The molecule has 0 amide bonds. The van der Waals surface area contributed by atoms with Crippen LogP contribution in [0.2, 0.25) is 0 Å². The monoisotopic (exact) mass is 283 g/mol. The molecule has 0 aliphatic heterocycles. The molecule has 1 aromatic rings. The summed E-state index contributed by atoms with van der Waals surface area (Å²) in [4.78, 5) is 0. The molecule has 6 heteroatoms. The fraction of sp³-hybridized carbons (Fsp3) is 0.462. The second-order valence-corrected chi connectivity index (χ2v) is 7.03. The Kier molecular flexibility index (Phi) is 3.37. The summed E-state index contributed by atoms with van der Waals surface area (Å²) in [6, 6.07) is 7.65. The number of nitriles is 1. The average molecular weight is 283 g/mol.